The summed E-state index contributed by atoms with van der Waals surface area (Å²) in [6.45, 7) is 1.84. The summed E-state index contributed by atoms with van der Waals surface area (Å²) in [7, 11) is 0. The maximum atomic E-state index is 13.7. The number of amides is 2. The first-order valence-corrected chi connectivity index (χ1v) is 9.88. The van der Waals surface area contributed by atoms with Gasteiger partial charge in [0.2, 0.25) is 5.91 Å². The van der Waals surface area contributed by atoms with Crippen LogP contribution in [0.15, 0.2) is 69.8 Å². The van der Waals surface area contributed by atoms with Crippen LogP contribution in [0.4, 0.5) is 10.1 Å². The van der Waals surface area contributed by atoms with Crippen molar-refractivity contribution in [3.63, 3.8) is 0 Å². The number of benzene rings is 2. The molecule has 29 heavy (non-hydrogen) atoms. The fraction of sp³-hybridized carbons (Fsp3) is 0.182. The number of hydrogen-bond acceptors (Lipinski definition) is 3. The zero-order valence-corrected chi connectivity index (χ0v) is 17.3. The van der Waals surface area contributed by atoms with Crippen LogP contribution in [0.1, 0.15) is 28.6 Å². The summed E-state index contributed by atoms with van der Waals surface area (Å²) < 4.78 is 19.4. The summed E-state index contributed by atoms with van der Waals surface area (Å²) in [5, 5.41) is 5.61. The highest BCUT2D eigenvalue weighted by atomic mass is 79.9. The quantitative estimate of drug-likeness (QED) is 0.537. The lowest BCUT2D eigenvalue weighted by molar-refractivity contribution is -0.121. The molecule has 5 nitrogen and oxygen atoms in total. The molecule has 1 heterocycles. The van der Waals surface area contributed by atoms with Crippen molar-refractivity contribution in [1.82, 2.24) is 5.32 Å². The smallest absolute Gasteiger partial charge is 0.291 e. The first-order chi connectivity index (χ1) is 13.9. The number of nitrogens with one attached hydrogen (secondary N) is 2. The summed E-state index contributed by atoms with van der Waals surface area (Å²) in [6, 6.07) is 16.6. The average Bonchev–Trinajstić information content (AvgIpc) is 3.11. The van der Waals surface area contributed by atoms with E-state index in [2.05, 4.69) is 26.6 Å². The maximum absolute atomic E-state index is 13.7. The summed E-state index contributed by atoms with van der Waals surface area (Å²) in [5.74, 6) is -0.577. The van der Waals surface area contributed by atoms with Gasteiger partial charge in [0, 0.05) is 11.7 Å². The van der Waals surface area contributed by atoms with E-state index in [9.17, 15) is 14.0 Å². The first kappa shape index (κ1) is 20.8. The van der Waals surface area contributed by atoms with Crippen LogP contribution in [-0.4, -0.2) is 17.9 Å². The van der Waals surface area contributed by atoms with E-state index in [-0.39, 0.29) is 35.9 Å². The Morgan fingerprint density at radius 1 is 1.07 bits per heavy atom. The van der Waals surface area contributed by atoms with Gasteiger partial charge in [0.05, 0.1) is 6.42 Å². The van der Waals surface area contributed by atoms with Gasteiger partial charge in [-0.2, -0.15) is 0 Å². The summed E-state index contributed by atoms with van der Waals surface area (Å²) >= 11 is 3.15. The van der Waals surface area contributed by atoms with Gasteiger partial charge < -0.3 is 15.1 Å². The first-order valence-electron chi connectivity index (χ1n) is 9.09. The van der Waals surface area contributed by atoms with Gasteiger partial charge in [0.1, 0.15) is 5.82 Å². The van der Waals surface area contributed by atoms with E-state index in [1.807, 2.05) is 6.92 Å². The Bertz CT molecular complexity index is 1000. The molecule has 2 amide bonds. The lowest BCUT2D eigenvalue weighted by Crippen LogP contribution is -2.35. The predicted molar refractivity (Wildman–Crippen MR) is 112 cm³/mol. The van der Waals surface area contributed by atoms with Gasteiger partial charge in [-0.05, 0) is 70.7 Å². The molecule has 1 aromatic heterocycles. The van der Waals surface area contributed by atoms with Gasteiger partial charge in [-0.1, -0.05) is 30.3 Å². The second-order valence-electron chi connectivity index (χ2n) is 6.70. The molecular weight excluding hydrogens is 439 g/mol. The Morgan fingerprint density at radius 2 is 1.79 bits per heavy atom. The molecule has 2 N–H and O–H groups in total. The Kier molecular flexibility index (Phi) is 6.82. The van der Waals surface area contributed by atoms with Gasteiger partial charge >= 0.3 is 0 Å². The largest absolute Gasteiger partial charge is 0.444 e. The van der Waals surface area contributed by atoms with Crippen molar-refractivity contribution in [3.05, 3.63) is 88.0 Å². The molecule has 0 spiro atoms. The fourth-order valence-electron chi connectivity index (χ4n) is 2.89. The van der Waals surface area contributed by atoms with Crippen LogP contribution in [-0.2, 0) is 17.6 Å². The maximum Gasteiger partial charge on any atom is 0.291 e. The van der Waals surface area contributed by atoms with Crippen molar-refractivity contribution in [2.24, 2.45) is 0 Å². The average molecular weight is 459 g/mol. The topological polar surface area (TPSA) is 71.3 Å². The summed E-state index contributed by atoms with van der Waals surface area (Å²) in [6.07, 6.45) is 0.618. The minimum Gasteiger partial charge on any atom is -0.444 e. The van der Waals surface area contributed by atoms with Gasteiger partial charge in [0.25, 0.3) is 5.91 Å². The minimum atomic E-state index is -0.358. The summed E-state index contributed by atoms with van der Waals surface area (Å²) in [4.78, 5) is 24.3. The van der Waals surface area contributed by atoms with E-state index in [1.54, 1.807) is 54.6 Å². The van der Waals surface area contributed by atoms with Crippen molar-refractivity contribution >= 4 is 33.4 Å². The predicted octanol–water partition coefficient (Wildman–Crippen LogP) is 4.72. The second kappa shape index (κ2) is 9.52. The molecule has 1 atom stereocenters. The van der Waals surface area contributed by atoms with E-state index >= 15 is 0 Å². The van der Waals surface area contributed by atoms with Crippen LogP contribution < -0.4 is 10.6 Å². The van der Waals surface area contributed by atoms with Crippen LogP contribution in [0.3, 0.4) is 0 Å². The molecule has 0 saturated carbocycles. The van der Waals surface area contributed by atoms with E-state index < -0.39 is 0 Å². The fourth-order valence-corrected chi connectivity index (χ4v) is 3.20. The molecule has 0 aliphatic rings. The standard InChI is InChI=1S/C22H20BrFN2O3/c1-14(12-16-4-2-3-5-18(16)24)25-21(27)13-15-6-8-17(9-7-15)26-22(28)19-10-11-20(23)29-19/h2-11,14H,12-13H2,1H3,(H,25,27)(H,26,28). The highest BCUT2D eigenvalue weighted by Crippen LogP contribution is 2.17. The van der Waals surface area contributed by atoms with Crippen molar-refractivity contribution in [1.29, 1.82) is 0 Å². The minimum absolute atomic E-state index is 0.147. The molecule has 0 aliphatic heterocycles. The zero-order valence-electron chi connectivity index (χ0n) is 15.7. The van der Waals surface area contributed by atoms with Gasteiger partial charge in [-0.25, -0.2) is 4.39 Å². The molecule has 0 fully saturated rings. The van der Waals surface area contributed by atoms with Gasteiger partial charge in [-0.3, -0.25) is 9.59 Å². The molecule has 2 aromatic carbocycles. The normalized spacial score (nSPS) is 11.7. The molecule has 7 heteroatoms. The Morgan fingerprint density at radius 3 is 2.45 bits per heavy atom. The van der Waals surface area contributed by atoms with E-state index in [4.69, 9.17) is 4.42 Å². The zero-order chi connectivity index (χ0) is 20.8. The number of rotatable bonds is 7. The number of furan rings is 1. The van der Waals surface area contributed by atoms with Crippen molar-refractivity contribution in [2.75, 3.05) is 5.32 Å². The van der Waals surface area contributed by atoms with Crippen LogP contribution in [0, 0.1) is 5.82 Å². The molecule has 3 rings (SSSR count). The lowest BCUT2D eigenvalue weighted by atomic mass is 10.1. The lowest BCUT2D eigenvalue weighted by Gasteiger charge is -2.14. The molecule has 1 unspecified atom stereocenters. The molecular formula is C22H20BrFN2O3. The van der Waals surface area contributed by atoms with Gasteiger partial charge in [0.15, 0.2) is 10.4 Å². The monoisotopic (exact) mass is 458 g/mol. The van der Waals surface area contributed by atoms with Crippen molar-refractivity contribution < 1.29 is 18.4 Å². The molecule has 0 radical (unpaired) electrons. The Labute approximate surface area is 176 Å². The number of halogens is 2. The molecule has 150 valence electrons. The van der Waals surface area contributed by atoms with Crippen LogP contribution in [0.2, 0.25) is 0 Å². The van der Waals surface area contributed by atoms with Gasteiger partial charge in [-0.15, -0.1) is 0 Å². The number of carbonyl (C=O) groups excluding carboxylic acids is 2. The SMILES string of the molecule is CC(Cc1ccccc1F)NC(=O)Cc1ccc(NC(=O)c2ccc(Br)o2)cc1. The molecule has 3 aromatic rings. The third kappa shape index (κ3) is 6.02. The molecule has 0 saturated heterocycles. The van der Waals surface area contributed by atoms with E-state index in [1.165, 1.54) is 6.07 Å². The Balaban J connectivity index is 1.50. The van der Waals surface area contributed by atoms with Crippen LogP contribution in [0.5, 0.6) is 0 Å². The molecule has 0 aliphatic carbocycles. The third-order valence-corrected chi connectivity index (χ3v) is 4.69. The summed E-state index contributed by atoms with van der Waals surface area (Å²) in [5.41, 5.74) is 1.97. The Hall–Kier alpha value is -2.93. The van der Waals surface area contributed by atoms with Crippen molar-refractivity contribution in [2.45, 2.75) is 25.8 Å². The van der Waals surface area contributed by atoms with Crippen LogP contribution >= 0.6 is 15.9 Å². The van der Waals surface area contributed by atoms with Crippen LogP contribution in [0.25, 0.3) is 0 Å². The molecule has 0 bridgehead atoms. The second-order valence-corrected chi connectivity index (χ2v) is 7.48. The highest BCUT2D eigenvalue weighted by Gasteiger charge is 2.13. The third-order valence-electron chi connectivity index (χ3n) is 4.26. The van der Waals surface area contributed by atoms with Crippen molar-refractivity contribution in [3.8, 4) is 0 Å². The van der Waals surface area contributed by atoms with E-state index in [0.717, 1.165) is 5.56 Å². The number of carbonyl (C=O) groups is 2. The number of anilines is 1. The van der Waals surface area contributed by atoms with E-state index in [0.29, 0.717) is 22.3 Å². The highest BCUT2D eigenvalue weighted by molar-refractivity contribution is 9.10. The number of hydrogen-bond donors (Lipinski definition) is 2.